The number of rotatable bonds is 7. The van der Waals surface area contributed by atoms with Crippen molar-refractivity contribution in [1.29, 1.82) is 0 Å². The Morgan fingerprint density at radius 3 is 2.48 bits per heavy atom. The number of amides is 2. The van der Waals surface area contributed by atoms with E-state index in [0.29, 0.717) is 25.2 Å². The van der Waals surface area contributed by atoms with Gasteiger partial charge < -0.3 is 15.4 Å². The van der Waals surface area contributed by atoms with E-state index >= 15 is 0 Å². The van der Waals surface area contributed by atoms with Crippen molar-refractivity contribution in [3.63, 3.8) is 0 Å². The molecule has 2 aliphatic rings. The number of carbonyl (C=O) groups is 2. The van der Waals surface area contributed by atoms with Crippen LogP contribution in [0.15, 0.2) is 41.3 Å². The van der Waals surface area contributed by atoms with Crippen molar-refractivity contribution in [2.45, 2.75) is 31.1 Å². The fourth-order valence-corrected chi connectivity index (χ4v) is 5.36. The Morgan fingerprint density at radius 2 is 1.82 bits per heavy atom. The molecule has 0 bridgehead atoms. The van der Waals surface area contributed by atoms with Crippen LogP contribution in [0.1, 0.15) is 35.7 Å². The lowest BCUT2D eigenvalue weighted by Crippen LogP contribution is -2.41. The Balaban J connectivity index is 1.56. The second-order valence-corrected chi connectivity index (χ2v) is 10.0. The highest BCUT2D eigenvalue weighted by atomic mass is 32.2. The molecule has 1 saturated carbocycles. The number of hydrogen-bond acceptors (Lipinski definition) is 5. The number of nitrogens with zero attached hydrogens (tertiary/aromatic N) is 1. The number of halogens is 1. The van der Waals surface area contributed by atoms with Gasteiger partial charge in [-0.05, 0) is 55.2 Å². The second kappa shape index (κ2) is 9.58. The van der Waals surface area contributed by atoms with E-state index in [1.165, 1.54) is 22.5 Å². The average molecular weight is 476 g/mol. The summed E-state index contributed by atoms with van der Waals surface area (Å²) in [4.78, 5) is 24.9. The molecule has 0 radical (unpaired) electrons. The molecule has 33 heavy (non-hydrogen) atoms. The van der Waals surface area contributed by atoms with Gasteiger partial charge in [0.25, 0.3) is 5.91 Å². The molecule has 176 valence electrons. The average Bonchev–Trinajstić information content (AvgIpc) is 3.67. The number of ether oxygens (including phenoxy) is 1. The Morgan fingerprint density at radius 1 is 1.09 bits per heavy atom. The van der Waals surface area contributed by atoms with Crippen molar-refractivity contribution in [3.05, 3.63) is 53.3 Å². The molecule has 2 aromatic carbocycles. The summed E-state index contributed by atoms with van der Waals surface area (Å²) >= 11 is 0. The first-order valence-corrected chi connectivity index (χ1v) is 12.4. The van der Waals surface area contributed by atoms with Crippen LogP contribution < -0.4 is 10.6 Å². The molecule has 1 saturated heterocycles. The monoisotopic (exact) mass is 475 g/mol. The predicted octanol–water partition coefficient (Wildman–Crippen LogP) is 3.01. The number of hydrogen-bond donors (Lipinski definition) is 2. The van der Waals surface area contributed by atoms with Gasteiger partial charge in [0.05, 0.1) is 23.8 Å². The van der Waals surface area contributed by atoms with Gasteiger partial charge in [0.15, 0.2) is 0 Å². The van der Waals surface area contributed by atoms with Gasteiger partial charge in [-0.1, -0.05) is 13.0 Å². The van der Waals surface area contributed by atoms with Crippen molar-refractivity contribution in [2.75, 3.05) is 36.9 Å². The third-order valence-electron chi connectivity index (χ3n) is 5.73. The molecule has 4 rings (SSSR count). The topological polar surface area (TPSA) is 105 Å². The van der Waals surface area contributed by atoms with E-state index in [2.05, 4.69) is 10.6 Å². The molecule has 0 atom stereocenters. The number of benzene rings is 2. The number of nitrogens with one attached hydrogen (secondary N) is 2. The molecule has 2 N–H and O–H groups in total. The SMILES string of the molecule is CCc1ccc(C(=O)Nc2ccc(F)c(NC(=O)C3CC3)c2)cc1S(=O)(=O)N1CCOCC1. The zero-order chi connectivity index (χ0) is 23.6. The van der Waals surface area contributed by atoms with E-state index in [-0.39, 0.29) is 46.7 Å². The van der Waals surface area contributed by atoms with Crippen molar-refractivity contribution >= 4 is 33.2 Å². The fraction of sp³-hybridized carbons (Fsp3) is 0.391. The highest BCUT2D eigenvalue weighted by Crippen LogP contribution is 2.31. The summed E-state index contributed by atoms with van der Waals surface area (Å²) in [5, 5.41) is 5.20. The number of morpholine rings is 1. The van der Waals surface area contributed by atoms with Crippen LogP contribution in [0, 0.1) is 11.7 Å². The first-order chi connectivity index (χ1) is 15.8. The summed E-state index contributed by atoms with van der Waals surface area (Å²) in [6.07, 6.45) is 2.06. The summed E-state index contributed by atoms with van der Waals surface area (Å²) in [5.74, 6) is -1.48. The van der Waals surface area contributed by atoms with Crippen LogP contribution in [0.2, 0.25) is 0 Å². The van der Waals surface area contributed by atoms with Crippen LogP contribution in [0.5, 0.6) is 0 Å². The minimum Gasteiger partial charge on any atom is -0.379 e. The normalized spacial score (nSPS) is 16.9. The highest BCUT2D eigenvalue weighted by Gasteiger charge is 2.30. The number of carbonyl (C=O) groups excluding carboxylic acids is 2. The van der Waals surface area contributed by atoms with Crippen molar-refractivity contribution < 1.29 is 27.1 Å². The molecule has 10 heteroatoms. The molecule has 1 heterocycles. The zero-order valence-electron chi connectivity index (χ0n) is 18.3. The fourth-order valence-electron chi connectivity index (χ4n) is 3.64. The molecule has 0 unspecified atom stereocenters. The van der Waals surface area contributed by atoms with Gasteiger partial charge >= 0.3 is 0 Å². The number of aryl methyl sites for hydroxylation is 1. The maximum absolute atomic E-state index is 14.1. The number of anilines is 2. The van der Waals surface area contributed by atoms with E-state index in [1.807, 2.05) is 6.92 Å². The Hall–Kier alpha value is -2.82. The second-order valence-electron chi connectivity index (χ2n) is 8.10. The smallest absolute Gasteiger partial charge is 0.255 e. The maximum atomic E-state index is 14.1. The van der Waals surface area contributed by atoms with Crippen LogP contribution >= 0.6 is 0 Å². The summed E-state index contributed by atoms with van der Waals surface area (Å²) in [6, 6.07) is 8.45. The van der Waals surface area contributed by atoms with Gasteiger partial charge in [-0.15, -0.1) is 0 Å². The molecule has 2 amide bonds. The Kier molecular flexibility index (Phi) is 6.78. The van der Waals surface area contributed by atoms with Gasteiger partial charge in [0, 0.05) is 30.3 Å². The Bertz CT molecular complexity index is 1170. The van der Waals surface area contributed by atoms with Gasteiger partial charge in [-0.3, -0.25) is 9.59 Å². The molecule has 2 aromatic rings. The van der Waals surface area contributed by atoms with Crippen LogP contribution in [-0.2, 0) is 26.0 Å². The van der Waals surface area contributed by atoms with Gasteiger partial charge in [-0.2, -0.15) is 4.31 Å². The van der Waals surface area contributed by atoms with Crippen LogP contribution in [0.3, 0.4) is 0 Å². The lowest BCUT2D eigenvalue weighted by molar-refractivity contribution is -0.117. The Labute approximate surface area is 192 Å². The maximum Gasteiger partial charge on any atom is 0.255 e. The van der Waals surface area contributed by atoms with E-state index in [4.69, 9.17) is 4.74 Å². The number of sulfonamides is 1. The van der Waals surface area contributed by atoms with Crippen molar-refractivity contribution in [2.24, 2.45) is 5.92 Å². The molecule has 0 spiro atoms. The third-order valence-corrected chi connectivity index (χ3v) is 7.71. The van der Waals surface area contributed by atoms with Crippen molar-refractivity contribution in [3.8, 4) is 0 Å². The van der Waals surface area contributed by atoms with Gasteiger partial charge in [0.2, 0.25) is 15.9 Å². The molecule has 2 fully saturated rings. The van der Waals surface area contributed by atoms with E-state index in [0.717, 1.165) is 18.9 Å². The first kappa shape index (κ1) is 23.3. The molecule has 0 aromatic heterocycles. The van der Waals surface area contributed by atoms with Crippen LogP contribution in [-0.4, -0.2) is 50.8 Å². The lowest BCUT2D eigenvalue weighted by Gasteiger charge is -2.27. The van der Waals surface area contributed by atoms with Gasteiger partial charge in [-0.25, -0.2) is 12.8 Å². The molecule has 1 aliphatic heterocycles. The molecule has 8 nitrogen and oxygen atoms in total. The predicted molar refractivity (Wildman–Crippen MR) is 121 cm³/mol. The van der Waals surface area contributed by atoms with Gasteiger partial charge in [0.1, 0.15) is 5.82 Å². The third kappa shape index (κ3) is 5.23. The molecular formula is C23H26FN3O5S. The first-order valence-electron chi connectivity index (χ1n) is 10.9. The van der Waals surface area contributed by atoms with Crippen LogP contribution in [0.25, 0.3) is 0 Å². The van der Waals surface area contributed by atoms with Crippen molar-refractivity contribution in [1.82, 2.24) is 4.31 Å². The minimum atomic E-state index is -3.79. The summed E-state index contributed by atoms with van der Waals surface area (Å²) in [6.45, 7) is 3.01. The standard InChI is InChI=1S/C23H26FN3O5S/c1-2-15-3-6-17(13-21(15)33(30,31)27-9-11-32-12-10-27)23(29)25-18-7-8-19(24)20(14-18)26-22(28)16-4-5-16/h3,6-8,13-14,16H,2,4-5,9-12H2,1H3,(H,25,29)(H,26,28). The van der Waals surface area contributed by atoms with E-state index < -0.39 is 21.7 Å². The van der Waals surface area contributed by atoms with E-state index in [1.54, 1.807) is 12.1 Å². The largest absolute Gasteiger partial charge is 0.379 e. The highest BCUT2D eigenvalue weighted by molar-refractivity contribution is 7.89. The molecular weight excluding hydrogens is 449 g/mol. The van der Waals surface area contributed by atoms with Crippen LogP contribution in [0.4, 0.5) is 15.8 Å². The summed E-state index contributed by atoms with van der Waals surface area (Å²) in [7, 11) is -3.79. The summed E-state index contributed by atoms with van der Waals surface area (Å²) < 4.78 is 47.1. The zero-order valence-corrected chi connectivity index (χ0v) is 19.1. The van der Waals surface area contributed by atoms with E-state index in [9.17, 15) is 22.4 Å². The minimum absolute atomic E-state index is 0.0124. The quantitative estimate of drug-likeness (QED) is 0.641. The lowest BCUT2D eigenvalue weighted by atomic mass is 10.1. The summed E-state index contributed by atoms with van der Waals surface area (Å²) in [5.41, 5.74) is 1.04. The molecule has 1 aliphatic carbocycles.